The van der Waals surface area contributed by atoms with Gasteiger partial charge in [0.25, 0.3) is 5.91 Å². The summed E-state index contributed by atoms with van der Waals surface area (Å²) in [5, 5.41) is 12.5. The normalized spacial score (nSPS) is 14.6. The summed E-state index contributed by atoms with van der Waals surface area (Å²) >= 11 is 0. The number of carbonyl (C=O) groups is 5. The Kier molecular flexibility index (Phi) is 6.72. The maximum atomic E-state index is 12.4. The van der Waals surface area contributed by atoms with Crippen molar-refractivity contribution in [3.8, 4) is 0 Å². The van der Waals surface area contributed by atoms with Gasteiger partial charge in [0, 0.05) is 6.92 Å². The van der Waals surface area contributed by atoms with Crippen molar-refractivity contribution in [1.82, 2.24) is 15.2 Å². The quantitative estimate of drug-likeness (QED) is 0.525. The van der Waals surface area contributed by atoms with Crippen LogP contribution in [0.5, 0.6) is 0 Å². The fraction of sp³-hybridized carbons (Fsp3) is 0.353. The van der Waals surface area contributed by atoms with Gasteiger partial charge in [-0.3, -0.25) is 14.4 Å². The molecule has 2 rings (SSSR count). The summed E-state index contributed by atoms with van der Waals surface area (Å²) in [6.45, 7) is 1.82. The van der Waals surface area contributed by atoms with Gasteiger partial charge in [-0.25, -0.2) is 14.6 Å². The van der Waals surface area contributed by atoms with Crippen molar-refractivity contribution in [2.24, 2.45) is 5.73 Å². The standard InChI is InChI=1S/C17H21N5O7/c1-10(15(25)26)19-16(27)29-8-12-4-3-5-13(6-12)21(11(2)23)22-14(24)7-20(9-18)17(22)28/h3-6,10H,7-9,18H2,1-2H3,(H,19,27)(H,25,26). The van der Waals surface area contributed by atoms with Crippen LogP contribution in [0.1, 0.15) is 19.4 Å². The predicted octanol–water partition coefficient (Wildman–Crippen LogP) is -0.166. The number of hydrogen-bond acceptors (Lipinski definition) is 7. The van der Waals surface area contributed by atoms with Gasteiger partial charge in [0.05, 0.1) is 12.4 Å². The fourth-order valence-electron chi connectivity index (χ4n) is 2.52. The average Bonchev–Trinajstić information content (AvgIpc) is 2.94. The average molecular weight is 407 g/mol. The van der Waals surface area contributed by atoms with Crippen LogP contribution in [0.25, 0.3) is 0 Å². The molecular formula is C17H21N5O7. The van der Waals surface area contributed by atoms with E-state index in [9.17, 15) is 24.0 Å². The van der Waals surface area contributed by atoms with Crippen LogP contribution in [0.3, 0.4) is 0 Å². The second kappa shape index (κ2) is 9.01. The molecule has 1 aliphatic rings. The van der Waals surface area contributed by atoms with E-state index in [0.717, 1.165) is 9.91 Å². The molecule has 0 saturated carbocycles. The fourth-order valence-corrected chi connectivity index (χ4v) is 2.52. The monoisotopic (exact) mass is 407 g/mol. The van der Waals surface area contributed by atoms with E-state index < -0.39 is 35.9 Å². The van der Waals surface area contributed by atoms with Gasteiger partial charge in [0.15, 0.2) is 0 Å². The van der Waals surface area contributed by atoms with Crippen LogP contribution in [0.4, 0.5) is 15.3 Å². The summed E-state index contributed by atoms with van der Waals surface area (Å²) in [5.41, 5.74) is 6.09. The van der Waals surface area contributed by atoms with Crippen molar-refractivity contribution in [1.29, 1.82) is 0 Å². The van der Waals surface area contributed by atoms with Crippen LogP contribution in [-0.2, 0) is 25.7 Å². The lowest BCUT2D eigenvalue weighted by atomic mass is 10.2. The lowest BCUT2D eigenvalue weighted by Crippen LogP contribution is -2.50. The van der Waals surface area contributed by atoms with Gasteiger partial charge in [-0.05, 0) is 24.6 Å². The van der Waals surface area contributed by atoms with Crippen molar-refractivity contribution < 1.29 is 33.8 Å². The van der Waals surface area contributed by atoms with Crippen LogP contribution in [0, 0.1) is 0 Å². The number of hydrazine groups is 1. The van der Waals surface area contributed by atoms with E-state index in [1.165, 1.54) is 26.0 Å². The van der Waals surface area contributed by atoms with Crippen LogP contribution in [0.2, 0.25) is 0 Å². The molecule has 0 radical (unpaired) electrons. The molecule has 1 heterocycles. The number of carbonyl (C=O) groups excluding carboxylic acids is 4. The molecule has 0 aliphatic carbocycles. The van der Waals surface area contributed by atoms with E-state index in [1.807, 2.05) is 0 Å². The molecule has 1 unspecified atom stereocenters. The molecule has 1 atom stereocenters. The third-order valence-electron chi connectivity index (χ3n) is 3.96. The minimum Gasteiger partial charge on any atom is -0.480 e. The van der Waals surface area contributed by atoms with Gasteiger partial charge in [-0.15, -0.1) is 0 Å². The molecule has 0 spiro atoms. The number of alkyl carbamates (subject to hydrolysis) is 1. The Labute approximate surface area is 165 Å². The van der Waals surface area contributed by atoms with E-state index in [4.69, 9.17) is 15.6 Å². The number of rotatable bonds is 7. The van der Waals surface area contributed by atoms with Gasteiger partial charge < -0.3 is 25.8 Å². The van der Waals surface area contributed by atoms with Crippen molar-refractivity contribution in [2.45, 2.75) is 26.5 Å². The zero-order valence-electron chi connectivity index (χ0n) is 15.8. The third kappa shape index (κ3) is 4.99. The molecule has 12 nitrogen and oxygen atoms in total. The maximum absolute atomic E-state index is 12.4. The summed E-state index contributed by atoms with van der Waals surface area (Å²) in [5.74, 6) is -2.41. The molecule has 4 N–H and O–H groups in total. The number of amides is 5. The van der Waals surface area contributed by atoms with E-state index in [2.05, 4.69) is 5.32 Å². The highest BCUT2D eigenvalue weighted by Gasteiger charge is 2.41. The zero-order valence-corrected chi connectivity index (χ0v) is 15.8. The van der Waals surface area contributed by atoms with E-state index in [-0.39, 0.29) is 25.5 Å². The Hall–Kier alpha value is -3.67. The third-order valence-corrected chi connectivity index (χ3v) is 3.96. The molecule has 156 valence electrons. The van der Waals surface area contributed by atoms with Crippen LogP contribution in [0.15, 0.2) is 24.3 Å². The highest BCUT2D eigenvalue weighted by Crippen LogP contribution is 2.23. The van der Waals surface area contributed by atoms with Gasteiger partial charge in [0.2, 0.25) is 5.91 Å². The number of urea groups is 1. The summed E-state index contributed by atoms with van der Waals surface area (Å²) in [6, 6.07) is 4.25. The molecule has 1 aliphatic heterocycles. The van der Waals surface area contributed by atoms with Gasteiger partial charge in [0.1, 0.15) is 19.2 Å². The summed E-state index contributed by atoms with van der Waals surface area (Å²) in [6.07, 6.45) is -0.933. The van der Waals surface area contributed by atoms with Crippen molar-refractivity contribution in [3.63, 3.8) is 0 Å². The molecule has 0 aromatic heterocycles. The minimum atomic E-state index is -1.22. The predicted molar refractivity (Wildman–Crippen MR) is 98.0 cm³/mol. The minimum absolute atomic E-state index is 0.176. The van der Waals surface area contributed by atoms with E-state index >= 15 is 0 Å². The number of benzene rings is 1. The molecule has 1 aromatic carbocycles. The van der Waals surface area contributed by atoms with Crippen molar-refractivity contribution in [2.75, 3.05) is 18.2 Å². The van der Waals surface area contributed by atoms with E-state index in [0.29, 0.717) is 10.6 Å². The number of imide groups is 1. The lowest BCUT2D eigenvalue weighted by molar-refractivity contribution is -0.138. The van der Waals surface area contributed by atoms with Crippen molar-refractivity contribution >= 4 is 35.6 Å². The van der Waals surface area contributed by atoms with Gasteiger partial charge in [-0.1, -0.05) is 12.1 Å². The smallest absolute Gasteiger partial charge is 0.408 e. The highest BCUT2D eigenvalue weighted by atomic mass is 16.5. The largest absolute Gasteiger partial charge is 0.480 e. The topological polar surface area (TPSA) is 163 Å². The SMILES string of the molecule is CC(=O)N(c1cccc(COC(=O)NC(C)C(=O)O)c1)N1C(=O)CN(CN)C1=O. The number of nitrogens with zero attached hydrogens (tertiary/aromatic N) is 3. The highest BCUT2D eigenvalue weighted by molar-refractivity contribution is 6.08. The molecule has 1 saturated heterocycles. The lowest BCUT2D eigenvalue weighted by Gasteiger charge is -2.29. The summed E-state index contributed by atoms with van der Waals surface area (Å²) < 4.78 is 4.96. The second-order valence-corrected chi connectivity index (χ2v) is 6.15. The molecule has 0 bridgehead atoms. The van der Waals surface area contributed by atoms with Crippen molar-refractivity contribution in [3.05, 3.63) is 29.8 Å². The zero-order chi connectivity index (χ0) is 21.7. The van der Waals surface area contributed by atoms with Gasteiger partial charge in [-0.2, -0.15) is 5.01 Å². The van der Waals surface area contributed by atoms with E-state index in [1.54, 1.807) is 12.1 Å². The first kappa shape index (κ1) is 21.6. The molecule has 5 amide bonds. The molecule has 12 heteroatoms. The number of aliphatic carboxylic acids is 1. The Morgan fingerprint density at radius 1 is 1.34 bits per heavy atom. The molecular weight excluding hydrogens is 386 g/mol. The second-order valence-electron chi connectivity index (χ2n) is 6.15. The Balaban J connectivity index is 2.16. The first-order chi connectivity index (χ1) is 13.6. The van der Waals surface area contributed by atoms with Crippen LogP contribution in [-0.4, -0.2) is 64.2 Å². The summed E-state index contributed by atoms with van der Waals surface area (Å²) in [7, 11) is 0. The van der Waals surface area contributed by atoms with Crippen LogP contribution < -0.4 is 16.1 Å². The molecule has 29 heavy (non-hydrogen) atoms. The number of ether oxygens (including phenoxy) is 1. The Morgan fingerprint density at radius 2 is 2.03 bits per heavy atom. The summed E-state index contributed by atoms with van der Waals surface area (Å²) in [4.78, 5) is 60.2. The first-order valence-corrected chi connectivity index (χ1v) is 8.53. The molecule has 1 aromatic rings. The van der Waals surface area contributed by atoms with Gasteiger partial charge >= 0.3 is 18.1 Å². The first-order valence-electron chi connectivity index (χ1n) is 8.53. The van der Waals surface area contributed by atoms with Crippen LogP contribution >= 0.6 is 0 Å². The number of nitrogens with two attached hydrogens (primary N) is 1. The molecule has 1 fully saturated rings. The Bertz CT molecular complexity index is 843. The maximum Gasteiger partial charge on any atom is 0.408 e. The number of hydrogen-bond donors (Lipinski definition) is 3. The Morgan fingerprint density at radius 3 is 2.59 bits per heavy atom. The number of carboxylic acids is 1. The number of carboxylic acid groups (broad SMARTS) is 1. The number of nitrogens with one attached hydrogen (secondary N) is 1. The number of anilines is 1.